The second-order valence-electron chi connectivity index (χ2n) is 1.75. The van der Waals surface area contributed by atoms with Crippen molar-refractivity contribution in [1.29, 1.82) is 5.41 Å². The van der Waals surface area contributed by atoms with Gasteiger partial charge in [0.05, 0.1) is 0 Å². The van der Waals surface area contributed by atoms with Crippen LogP contribution in [0.3, 0.4) is 0 Å². The largest absolute Gasteiger partial charge is 0.503 e. The van der Waals surface area contributed by atoms with Crippen LogP contribution in [-0.4, -0.2) is 44.5 Å². The van der Waals surface area contributed by atoms with Crippen molar-refractivity contribution in [2.75, 3.05) is 0 Å². The van der Waals surface area contributed by atoms with Gasteiger partial charge in [0.1, 0.15) is 0 Å². The molecule has 0 spiro atoms. The van der Waals surface area contributed by atoms with Gasteiger partial charge in [0, 0.05) is 12.2 Å². The van der Waals surface area contributed by atoms with Crippen molar-refractivity contribution in [2.45, 2.75) is 0 Å². The Kier molecular flexibility index (Phi) is 14.4. The molecule has 0 aliphatic carbocycles. The number of carboxylic acids is 2. The maximum absolute atomic E-state index is 9.55. The number of nitrogens with two attached hydrogens (primary N) is 2. The summed E-state index contributed by atoms with van der Waals surface area (Å²) in [5, 5.41) is 35.6. The van der Waals surface area contributed by atoms with E-state index in [0.717, 1.165) is 0 Å². The van der Waals surface area contributed by atoms with Gasteiger partial charge >= 0.3 is 18.1 Å². The highest BCUT2D eigenvalue weighted by molar-refractivity contribution is 5.89. The molecule has 0 saturated heterocycles. The lowest BCUT2D eigenvalue weighted by Gasteiger charge is -1.74. The molecular weight excluding hydrogens is 226 g/mol. The monoisotopic (exact) mass is 237 g/mol. The summed E-state index contributed by atoms with van der Waals surface area (Å²) in [6, 6.07) is 0. The molecule has 10 heteroatoms. The maximum Gasteiger partial charge on any atom is 0.503 e. The third-order valence-corrected chi connectivity index (χ3v) is 0.368. The molecule has 0 saturated carbocycles. The maximum atomic E-state index is 9.55. The Balaban J connectivity index is -0.000000179. The highest BCUT2D eigenvalue weighted by atomic mass is 16.6. The van der Waals surface area contributed by atoms with Gasteiger partial charge in [-0.25, -0.2) is 14.4 Å². The summed E-state index contributed by atoms with van der Waals surface area (Å²) < 4.78 is 0. The van der Waals surface area contributed by atoms with Gasteiger partial charge in [0.2, 0.25) is 0 Å². The first-order valence-corrected chi connectivity index (χ1v) is 3.24. The van der Waals surface area contributed by atoms with E-state index in [0.29, 0.717) is 12.2 Å². The Labute approximate surface area is 88.9 Å². The number of rotatable bonds is 2. The Morgan fingerprint density at radius 1 is 0.875 bits per heavy atom. The van der Waals surface area contributed by atoms with E-state index in [4.69, 9.17) is 30.6 Å². The number of nitrogens with one attached hydrogen (secondary N) is 1. The van der Waals surface area contributed by atoms with Gasteiger partial charge in [-0.05, 0) is 0 Å². The summed E-state index contributed by atoms with van der Waals surface area (Å²) in [6.45, 7) is 0. The van der Waals surface area contributed by atoms with Gasteiger partial charge in [0.25, 0.3) is 0 Å². The van der Waals surface area contributed by atoms with E-state index in [-0.39, 0.29) is 5.96 Å². The third kappa shape index (κ3) is 238. The highest BCUT2D eigenvalue weighted by Gasteiger charge is 1.88. The minimum Gasteiger partial charge on any atom is -0.478 e. The second-order valence-corrected chi connectivity index (χ2v) is 1.75. The van der Waals surface area contributed by atoms with Crippen molar-refractivity contribution < 1.29 is 34.8 Å². The van der Waals surface area contributed by atoms with Crippen molar-refractivity contribution >= 4 is 24.1 Å². The minimum atomic E-state index is -1.83. The van der Waals surface area contributed by atoms with Crippen LogP contribution in [0.1, 0.15) is 0 Å². The van der Waals surface area contributed by atoms with Crippen LogP contribution in [0.5, 0.6) is 0 Å². The Bertz CT molecular complexity index is 250. The van der Waals surface area contributed by atoms with Crippen LogP contribution in [0.25, 0.3) is 0 Å². The SMILES string of the molecule is N=C(N)N.O=C(O)C=CC(=O)O.O=C(O)O. The summed E-state index contributed by atoms with van der Waals surface area (Å²) in [7, 11) is 0. The number of aliphatic carboxylic acids is 2. The normalized spacial score (nSPS) is 7.75. The molecule has 0 rings (SSSR count). The van der Waals surface area contributed by atoms with Gasteiger partial charge in [-0.15, -0.1) is 0 Å². The quantitative estimate of drug-likeness (QED) is 0.174. The van der Waals surface area contributed by atoms with E-state index in [1.807, 2.05) is 0 Å². The van der Waals surface area contributed by atoms with E-state index in [2.05, 4.69) is 11.5 Å². The minimum absolute atomic E-state index is 0.333. The lowest BCUT2D eigenvalue weighted by molar-refractivity contribution is -0.134. The number of hydrogen-bond donors (Lipinski definition) is 7. The van der Waals surface area contributed by atoms with Crippen LogP contribution in [0, 0.1) is 5.41 Å². The molecule has 0 fully saturated rings. The molecule has 10 nitrogen and oxygen atoms in total. The molecule has 9 N–H and O–H groups in total. The van der Waals surface area contributed by atoms with Gasteiger partial charge in [-0.2, -0.15) is 0 Å². The lowest BCUT2D eigenvalue weighted by atomic mass is 10.5. The van der Waals surface area contributed by atoms with E-state index >= 15 is 0 Å². The van der Waals surface area contributed by atoms with Crippen LogP contribution in [0.15, 0.2) is 12.2 Å². The number of guanidine groups is 1. The summed E-state index contributed by atoms with van der Waals surface area (Å²) in [4.78, 5) is 27.7. The molecule has 0 amide bonds. The summed E-state index contributed by atoms with van der Waals surface area (Å²) in [6.07, 6.45) is -0.718. The van der Waals surface area contributed by atoms with Gasteiger partial charge in [-0.3, -0.25) is 5.41 Å². The van der Waals surface area contributed by atoms with Crippen LogP contribution in [0.4, 0.5) is 4.79 Å². The van der Waals surface area contributed by atoms with E-state index in [1.165, 1.54) is 0 Å². The van der Waals surface area contributed by atoms with Crippen molar-refractivity contribution in [3.8, 4) is 0 Å². The predicted octanol–water partition coefficient (Wildman–Crippen LogP) is -1.23. The molecule has 16 heavy (non-hydrogen) atoms. The molecule has 0 aromatic heterocycles. The number of hydrogen-bond acceptors (Lipinski definition) is 4. The predicted molar refractivity (Wildman–Crippen MR) is 51.2 cm³/mol. The second kappa shape index (κ2) is 12.2. The Hall–Kier alpha value is -2.78. The van der Waals surface area contributed by atoms with E-state index < -0.39 is 18.1 Å². The van der Waals surface area contributed by atoms with Crippen LogP contribution in [0.2, 0.25) is 0 Å². The van der Waals surface area contributed by atoms with Gasteiger partial charge < -0.3 is 31.9 Å². The zero-order valence-electron chi connectivity index (χ0n) is 7.82. The fraction of sp³-hybridized carbons (Fsp3) is 0. The summed E-state index contributed by atoms with van der Waals surface area (Å²) in [5.41, 5.74) is 8.94. The van der Waals surface area contributed by atoms with Crippen LogP contribution >= 0.6 is 0 Å². The first kappa shape index (κ1) is 18.9. The molecule has 0 aromatic rings. The molecule has 0 unspecified atom stereocenters. The zero-order chi connectivity index (χ0) is 13.7. The molecular formula is C6H11N3O7. The Morgan fingerprint density at radius 3 is 1.06 bits per heavy atom. The molecule has 92 valence electrons. The standard InChI is InChI=1S/C4H4O4.CH5N3.CH2O3/c5-3(6)1-2-4(7)8;2*2-1(3)4/h1-2H,(H,5,6)(H,7,8);(H5,2,3,4);(H2,2,3,4). The average molecular weight is 237 g/mol. The smallest absolute Gasteiger partial charge is 0.478 e. The van der Waals surface area contributed by atoms with Crippen molar-refractivity contribution in [3.63, 3.8) is 0 Å². The van der Waals surface area contributed by atoms with Crippen LogP contribution < -0.4 is 11.5 Å². The Morgan fingerprint density at radius 2 is 1.00 bits per heavy atom. The van der Waals surface area contributed by atoms with Gasteiger partial charge in [-0.1, -0.05) is 0 Å². The van der Waals surface area contributed by atoms with Gasteiger partial charge in [0.15, 0.2) is 5.96 Å². The third-order valence-electron chi connectivity index (χ3n) is 0.368. The number of carbonyl (C=O) groups is 3. The fourth-order valence-corrected chi connectivity index (χ4v) is 0.143. The molecule has 0 bridgehead atoms. The first-order chi connectivity index (χ1) is 7.09. The average Bonchev–Trinajstić information content (AvgIpc) is 1.98. The fourth-order valence-electron chi connectivity index (χ4n) is 0.143. The van der Waals surface area contributed by atoms with Crippen LogP contribution in [-0.2, 0) is 9.59 Å². The van der Waals surface area contributed by atoms with E-state index in [9.17, 15) is 9.59 Å². The molecule has 0 aliphatic heterocycles. The topological polar surface area (TPSA) is 208 Å². The summed E-state index contributed by atoms with van der Waals surface area (Å²) >= 11 is 0. The first-order valence-electron chi connectivity index (χ1n) is 3.24. The van der Waals surface area contributed by atoms with Crippen molar-refractivity contribution in [1.82, 2.24) is 0 Å². The molecule has 0 radical (unpaired) electrons. The molecule has 0 heterocycles. The number of carboxylic acid groups (broad SMARTS) is 4. The van der Waals surface area contributed by atoms with E-state index in [1.54, 1.807) is 0 Å². The molecule has 0 aliphatic rings. The summed E-state index contributed by atoms with van der Waals surface area (Å²) in [5.74, 6) is -2.85. The zero-order valence-corrected chi connectivity index (χ0v) is 7.82. The highest BCUT2D eigenvalue weighted by Crippen LogP contribution is 1.70. The molecule has 0 aromatic carbocycles. The molecule has 0 atom stereocenters. The van der Waals surface area contributed by atoms with Crippen molar-refractivity contribution in [3.05, 3.63) is 12.2 Å². The lowest BCUT2D eigenvalue weighted by Crippen LogP contribution is -2.20. The van der Waals surface area contributed by atoms with Crippen molar-refractivity contribution in [2.24, 2.45) is 11.5 Å².